The minimum atomic E-state index is -1.31. The Morgan fingerprint density at radius 1 is 1.35 bits per heavy atom. The Morgan fingerprint density at radius 3 is 2.65 bits per heavy atom. The van der Waals surface area contributed by atoms with Crippen molar-refractivity contribution in [3.63, 3.8) is 0 Å². The van der Waals surface area contributed by atoms with E-state index in [2.05, 4.69) is 5.32 Å². The Morgan fingerprint density at radius 2 is 2.08 bits per heavy atom. The van der Waals surface area contributed by atoms with Crippen LogP contribution in [0.5, 0.6) is 0 Å². The molecule has 1 aromatic rings. The van der Waals surface area contributed by atoms with Crippen LogP contribution in [0.1, 0.15) is 11.8 Å². The lowest BCUT2D eigenvalue weighted by Gasteiger charge is -2.52. The van der Waals surface area contributed by atoms with Crippen LogP contribution in [0.4, 0.5) is 0 Å². The fourth-order valence-corrected chi connectivity index (χ4v) is 5.00. The van der Waals surface area contributed by atoms with E-state index in [1.54, 1.807) is 6.07 Å². The molecule has 0 radical (unpaired) electrons. The summed E-state index contributed by atoms with van der Waals surface area (Å²) in [5.41, 5.74) is 1.64. The number of carboxylic acid groups (broad SMARTS) is 1. The topological polar surface area (TPSA) is 136 Å². The number of β-lactam (4-membered cyclic amide) rings is 1. The lowest BCUT2D eigenvalue weighted by molar-refractivity contribution is -0.160. The number of rotatable bonds is 5. The number of thiophene rings is 1. The van der Waals surface area contributed by atoms with Gasteiger partial charge < -0.3 is 15.3 Å². The summed E-state index contributed by atoms with van der Waals surface area (Å²) in [6.07, 6.45) is 0.111. The van der Waals surface area contributed by atoms with Crippen molar-refractivity contribution in [2.24, 2.45) is 0 Å². The van der Waals surface area contributed by atoms with Crippen LogP contribution in [0.3, 0.4) is 0 Å². The van der Waals surface area contributed by atoms with E-state index in [-0.39, 0.29) is 22.8 Å². The van der Waals surface area contributed by atoms with Crippen molar-refractivity contribution < 1.29 is 29.5 Å². The van der Waals surface area contributed by atoms with Crippen LogP contribution in [0.2, 0.25) is 0 Å². The Hall–Kier alpha value is -2.37. The summed E-state index contributed by atoms with van der Waals surface area (Å²) >= 11 is 2.35. The number of carboxylic acids is 1. The fourth-order valence-electron chi connectivity index (χ4n) is 2.95. The number of carbonyl (C=O) groups excluding carboxylic acids is 3. The largest absolute Gasteiger partial charge is 0.479 e. The summed E-state index contributed by atoms with van der Waals surface area (Å²) in [5.74, 6) is -3.01. The van der Waals surface area contributed by atoms with Gasteiger partial charge in [0.1, 0.15) is 11.4 Å². The second-order valence-electron chi connectivity index (χ2n) is 5.75. The van der Waals surface area contributed by atoms with E-state index in [0.29, 0.717) is 0 Å². The molecule has 0 saturated carbocycles. The molecular formula is C15H15N3O6S2. The van der Waals surface area contributed by atoms with Crippen molar-refractivity contribution >= 4 is 46.8 Å². The Labute approximate surface area is 156 Å². The van der Waals surface area contributed by atoms with Crippen molar-refractivity contribution in [2.75, 3.05) is 0 Å². The molecule has 3 rings (SSSR count). The predicted octanol–water partition coefficient (Wildman–Crippen LogP) is -0.0769. The lowest BCUT2D eigenvalue weighted by atomic mass is 9.97. The highest BCUT2D eigenvalue weighted by molar-refractivity contribution is 8.04. The lowest BCUT2D eigenvalue weighted by Crippen LogP contribution is -2.74. The second kappa shape index (κ2) is 7.09. The molecule has 2 aliphatic rings. The summed E-state index contributed by atoms with van der Waals surface area (Å²) in [6.45, 7) is 1.42. The number of hydroxylamine groups is 1. The summed E-state index contributed by atoms with van der Waals surface area (Å²) < 4.78 is 0. The molecule has 0 aromatic carbocycles. The van der Waals surface area contributed by atoms with Crippen molar-refractivity contribution in [3.05, 3.63) is 32.9 Å². The molecule has 0 bridgehead atoms. The van der Waals surface area contributed by atoms with Crippen LogP contribution in [-0.2, 0) is 25.6 Å². The van der Waals surface area contributed by atoms with E-state index in [4.69, 9.17) is 5.21 Å². The molecule has 2 aliphatic heterocycles. The highest BCUT2D eigenvalue weighted by atomic mass is 32.2. The minimum Gasteiger partial charge on any atom is -0.479 e. The molecule has 4 N–H and O–H groups in total. The molecular weight excluding hydrogens is 382 g/mol. The van der Waals surface area contributed by atoms with Crippen LogP contribution in [-0.4, -0.2) is 56.4 Å². The van der Waals surface area contributed by atoms with Crippen molar-refractivity contribution in [3.8, 4) is 0 Å². The van der Waals surface area contributed by atoms with Gasteiger partial charge in [0.15, 0.2) is 6.04 Å². The van der Waals surface area contributed by atoms with E-state index in [1.165, 1.54) is 23.7 Å². The molecule has 9 nitrogen and oxygen atoms in total. The molecule has 0 aliphatic carbocycles. The van der Waals surface area contributed by atoms with Gasteiger partial charge in [0.05, 0.1) is 11.3 Å². The maximum absolute atomic E-state index is 12.4. The Kier molecular flexibility index (Phi) is 5.03. The van der Waals surface area contributed by atoms with Crippen LogP contribution < -0.4 is 10.8 Å². The van der Waals surface area contributed by atoms with Gasteiger partial charge in [-0.2, -0.15) is 0 Å². The zero-order valence-corrected chi connectivity index (χ0v) is 15.1. The first-order chi connectivity index (χ1) is 12.3. The number of aliphatic carboxylic acids is 1. The third-order valence-corrected chi connectivity index (χ3v) is 6.50. The number of fused-ring (bicyclic) bond motifs is 1. The highest BCUT2D eigenvalue weighted by Gasteiger charge is 2.57. The molecule has 2 unspecified atom stereocenters. The van der Waals surface area contributed by atoms with Crippen LogP contribution in [0.15, 0.2) is 28.0 Å². The van der Waals surface area contributed by atoms with Gasteiger partial charge in [-0.25, -0.2) is 10.3 Å². The van der Waals surface area contributed by atoms with Crippen LogP contribution >= 0.6 is 23.1 Å². The molecule has 3 amide bonds. The average molecular weight is 397 g/mol. The molecule has 138 valence electrons. The smallest absolute Gasteiger partial charge is 0.330 e. The number of amides is 3. The second-order valence-corrected chi connectivity index (χ2v) is 7.91. The highest BCUT2D eigenvalue weighted by Crippen LogP contribution is 2.44. The number of hydrogen-bond donors (Lipinski definition) is 4. The molecule has 1 fully saturated rings. The molecule has 1 aromatic heterocycles. The fraction of sp³-hybridized carbons (Fsp3) is 0.333. The van der Waals surface area contributed by atoms with Gasteiger partial charge >= 0.3 is 5.97 Å². The van der Waals surface area contributed by atoms with E-state index in [1.807, 2.05) is 11.4 Å². The van der Waals surface area contributed by atoms with E-state index < -0.39 is 35.2 Å². The SMILES string of the molecule is CC1=C(C(=O)NO)S[C@@H]2C(NC(=O)Cc3cccs3)C(=O)N2C1C(=O)O. The molecule has 26 heavy (non-hydrogen) atoms. The number of nitrogens with one attached hydrogen (secondary N) is 2. The summed E-state index contributed by atoms with van der Waals surface area (Å²) in [5, 5.41) is 22.0. The van der Waals surface area contributed by atoms with E-state index >= 15 is 0 Å². The quantitative estimate of drug-likeness (QED) is 0.310. The van der Waals surface area contributed by atoms with Gasteiger partial charge in [-0.3, -0.25) is 19.6 Å². The summed E-state index contributed by atoms with van der Waals surface area (Å²) in [4.78, 5) is 49.9. The first kappa shape index (κ1) is 18.4. The maximum Gasteiger partial charge on any atom is 0.330 e. The molecule has 3 atom stereocenters. The zero-order valence-electron chi connectivity index (χ0n) is 13.5. The van der Waals surface area contributed by atoms with Crippen molar-refractivity contribution in [1.29, 1.82) is 0 Å². The standard InChI is InChI=1S/C15H15N3O6S2/c1-6-10(15(22)23)18-13(21)9(14(18)26-11(6)12(20)17-24)16-8(19)5-7-3-2-4-25-7/h2-4,9-10,14,24H,5H2,1H3,(H,16,19)(H,17,20)(H,22,23)/t9?,10?,14-/m1/s1. The van der Waals surface area contributed by atoms with E-state index in [9.17, 15) is 24.3 Å². The molecule has 1 saturated heterocycles. The van der Waals surface area contributed by atoms with Crippen LogP contribution in [0, 0.1) is 0 Å². The molecule has 0 spiro atoms. The third kappa shape index (κ3) is 3.08. The Bertz CT molecular complexity index is 806. The van der Waals surface area contributed by atoms with Crippen LogP contribution in [0.25, 0.3) is 0 Å². The number of hydrogen-bond acceptors (Lipinski definition) is 7. The maximum atomic E-state index is 12.4. The van der Waals surface area contributed by atoms with Gasteiger partial charge in [0.2, 0.25) is 11.8 Å². The number of nitrogens with zero attached hydrogens (tertiary/aromatic N) is 1. The van der Waals surface area contributed by atoms with Crippen molar-refractivity contribution in [2.45, 2.75) is 30.8 Å². The van der Waals surface area contributed by atoms with Gasteiger partial charge in [0, 0.05) is 4.88 Å². The summed E-state index contributed by atoms with van der Waals surface area (Å²) in [6, 6.07) is 1.37. The van der Waals surface area contributed by atoms with Gasteiger partial charge in [0.25, 0.3) is 5.91 Å². The number of carbonyl (C=O) groups is 4. The van der Waals surface area contributed by atoms with Gasteiger partial charge in [-0.15, -0.1) is 11.3 Å². The summed E-state index contributed by atoms with van der Waals surface area (Å²) in [7, 11) is 0. The first-order valence-electron chi connectivity index (χ1n) is 7.53. The zero-order chi connectivity index (χ0) is 19.0. The van der Waals surface area contributed by atoms with Gasteiger partial charge in [-0.05, 0) is 23.9 Å². The van der Waals surface area contributed by atoms with E-state index in [0.717, 1.165) is 21.5 Å². The first-order valence-corrected chi connectivity index (χ1v) is 9.29. The third-order valence-electron chi connectivity index (χ3n) is 4.14. The normalized spacial score (nSPS) is 24.6. The average Bonchev–Trinajstić information content (AvgIpc) is 3.11. The Balaban J connectivity index is 1.79. The van der Waals surface area contributed by atoms with Gasteiger partial charge in [-0.1, -0.05) is 17.8 Å². The van der Waals surface area contributed by atoms with Crippen molar-refractivity contribution in [1.82, 2.24) is 15.7 Å². The molecule has 3 heterocycles. The monoisotopic (exact) mass is 397 g/mol. The number of thioether (sulfide) groups is 1. The molecule has 11 heteroatoms. The minimum absolute atomic E-state index is 0.0196. The predicted molar refractivity (Wildman–Crippen MR) is 92.2 cm³/mol.